The first-order valence-electron chi connectivity index (χ1n) is 11.7. The fourth-order valence-corrected chi connectivity index (χ4v) is 6.13. The van der Waals surface area contributed by atoms with E-state index in [0.717, 1.165) is 70.3 Å². The number of hydrogen-bond donors (Lipinski definition) is 0. The summed E-state index contributed by atoms with van der Waals surface area (Å²) in [6, 6.07) is 10.2. The summed E-state index contributed by atoms with van der Waals surface area (Å²) in [5.74, 6) is 0.323. The molecular weight excluding hydrogens is 362 g/mol. The molecule has 0 N–H and O–H groups in total. The first-order valence-corrected chi connectivity index (χ1v) is 11.7. The highest BCUT2D eigenvalue weighted by atomic mass is 16.5. The number of carbonyl (C=O) groups excluding carboxylic acids is 1. The smallest absolute Gasteiger partial charge is 0.233 e. The molecule has 5 rings (SSSR count). The summed E-state index contributed by atoms with van der Waals surface area (Å²) in [4.78, 5) is 20.6. The van der Waals surface area contributed by atoms with E-state index in [9.17, 15) is 4.79 Å². The van der Waals surface area contributed by atoms with Crippen molar-refractivity contribution in [1.29, 1.82) is 0 Å². The van der Waals surface area contributed by atoms with Crippen molar-refractivity contribution < 1.29 is 9.53 Å². The van der Waals surface area contributed by atoms with Crippen LogP contribution in [-0.2, 0) is 9.53 Å². The van der Waals surface area contributed by atoms with Crippen molar-refractivity contribution in [3.05, 3.63) is 24.3 Å². The van der Waals surface area contributed by atoms with Crippen molar-refractivity contribution >= 4 is 17.3 Å². The van der Waals surface area contributed by atoms with Gasteiger partial charge in [0.1, 0.15) is 0 Å². The van der Waals surface area contributed by atoms with Crippen molar-refractivity contribution in [1.82, 2.24) is 4.90 Å². The van der Waals surface area contributed by atoms with E-state index < -0.39 is 0 Å². The minimum Gasteiger partial charge on any atom is -0.381 e. The Morgan fingerprint density at radius 1 is 0.931 bits per heavy atom. The van der Waals surface area contributed by atoms with Crippen LogP contribution in [0.5, 0.6) is 0 Å². The van der Waals surface area contributed by atoms with E-state index in [1.165, 1.54) is 31.5 Å². The monoisotopic (exact) mass is 397 g/mol. The van der Waals surface area contributed by atoms with Gasteiger partial charge in [0, 0.05) is 56.3 Å². The molecule has 1 amide bonds. The first-order chi connectivity index (χ1) is 14.2. The van der Waals surface area contributed by atoms with Crippen LogP contribution in [0.2, 0.25) is 0 Å². The van der Waals surface area contributed by atoms with Crippen LogP contribution in [0, 0.1) is 5.41 Å². The Balaban J connectivity index is 1.26. The Labute approximate surface area is 175 Å². The molecule has 1 aromatic rings. The summed E-state index contributed by atoms with van der Waals surface area (Å²) in [7, 11) is 0. The molecule has 0 bridgehead atoms. The third kappa shape index (κ3) is 3.57. The van der Waals surface area contributed by atoms with Gasteiger partial charge in [0.15, 0.2) is 0 Å². The maximum atomic E-state index is 13.3. The number of rotatable bonds is 3. The molecule has 29 heavy (non-hydrogen) atoms. The van der Waals surface area contributed by atoms with Crippen LogP contribution in [0.25, 0.3) is 0 Å². The number of piperidine rings is 1. The number of anilines is 2. The lowest BCUT2D eigenvalue weighted by Crippen LogP contribution is -2.51. The van der Waals surface area contributed by atoms with Gasteiger partial charge in [-0.15, -0.1) is 0 Å². The van der Waals surface area contributed by atoms with Crippen LogP contribution < -0.4 is 9.80 Å². The Morgan fingerprint density at radius 2 is 1.69 bits per heavy atom. The molecule has 2 atom stereocenters. The molecule has 5 nitrogen and oxygen atoms in total. The fraction of sp³-hybridized carbons (Fsp3) is 0.708. The zero-order valence-corrected chi connectivity index (χ0v) is 17.8. The number of ether oxygens (including phenoxy) is 1. The second-order valence-electron chi connectivity index (χ2n) is 9.59. The number of benzene rings is 1. The molecule has 1 aromatic carbocycles. The lowest BCUT2D eigenvalue weighted by molar-refractivity contribution is -0.136. The quantitative estimate of drug-likeness (QED) is 0.780. The molecule has 0 aromatic heterocycles. The minimum absolute atomic E-state index is 0.177. The largest absolute Gasteiger partial charge is 0.381 e. The second-order valence-corrected chi connectivity index (χ2v) is 9.59. The van der Waals surface area contributed by atoms with E-state index in [1.54, 1.807) is 0 Å². The average Bonchev–Trinajstić information content (AvgIpc) is 3.40. The predicted molar refractivity (Wildman–Crippen MR) is 117 cm³/mol. The summed E-state index contributed by atoms with van der Waals surface area (Å²) in [5, 5.41) is 0. The summed E-state index contributed by atoms with van der Waals surface area (Å²) >= 11 is 0. The van der Waals surface area contributed by atoms with Crippen molar-refractivity contribution in [3.63, 3.8) is 0 Å². The number of likely N-dealkylation sites (tertiary alicyclic amines) is 1. The Kier molecular flexibility index (Phi) is 5.29. The van der Waals surface area contributed by atoms with E-state index in [0.29, 0.717) is 11.9 Å². The molecule has 4 fully saturated rings. The lowest BCUT2D eigenvalue weighted by atomic mass is 9.73. The molecule has 158 valence electrons. The molecular formula is C24H35N3O2. The predicted octanol–water partition coefficient (Wildman–Crippen LogP) is 3.67. The van der Waals surface area contributed by atoms with Gasteiger partial charge in [-0.3, -0.25) is 9.69 Å². The van der Waals surface area contributed by atoms with Gasteiger partial charge in [-0.2, -0.15) is 0 Å². The van der Waals surface area contributed by atoms with E-state index in [4.69, 9.17) is 4.74 Å². The van der Waals surface area contributed by atoms with Crippen molar-refractivity contribution in [2.24, 2.45) is 5.41 Å². The van der Waals surface area contributed by atoms with Gasteiger partial charge in [-0.05, 0) is 82.7 Å². The van der Waals surface area contributed by atoms with Crippen LogP contribution in [0.4, 0.5) is 11.4 Å². The van der Waals surface area contributed by atoms with Gasteiger partial charge < -0.3 is 14.5 Å². The van der Waals surface area contributed by atoms with E-state index in [-0.39, 0.29) is 5.41 Å². The van der Waals surface area contributed by atoms with Gasteiger partial charge >= 0.3 is 0 Å². The third-order valence-corrected chi connectivity index (χ3v) is 7.95. The van der Waals surface area contributed by atoms with Crippen LogP contribution in [0.15, 0.2) is 24.3 Å². The molecule has 0 aliphatic carbocycles. The van der Waals surface area contributed by atoms with Crippen molar-refractivity contribution in [3.8, 4) is 0 Å². The SMILES string of the molecule is C[C@H]1CCCN1[C@H]1CCN(c2ccc(N3CCCC4(CCOCC4)C3=O)cc2)C1. The Bertz CT molecular complexity index is 723. The molecule has 4 saturated heterocycles. The van der Waals surface area contributed by atoms with Crippen LogP contribution >= 0.6 is 0 Å². The van der Waals surface area contributed by atoms with Gasteiger partial charge in [-0.25, -0.2) is 0 Å². The average molecular weight is 398 g/mol. The number of carbonyl (C=O) groups is 1. The topological polar surface area (TPSA) is 36.0 Å². The Morgan fingerprint density at radius 3 is 2.41 bits per heavy atom. The van der Waals surface area contributed by atoms with E-state index >= 15 is 0 Å². The van der Waals surface area contributed by atoms with Crippen molar-refractivity contribution in [2.45, 2.75) is 64.0 Å². The molecule has 1 spiro atoms. The lowest BCUT2D eigenvalue weighted by Gasteiger charge is -2.43. The number of amides is 1. The molecule has 0 unspecified atom stereocenters. The third-order valence-electron chi connectivity index (χ3n) is 7.95. The van der Waals surface area contributed by atoms with Crippen LogP contribution in [-0.4, -0.2) is 62.3 Å². The highest BCUT2D eigenvalue weighted by Crippen LogP contribution is 2.42. The van der Waals surface area contributed by atoms with Gasteiger partial charge in [-0.1, -0.05) is 0 Å². The standard InChI is InChI=1S/C24H35N3O2/c1-19-4-2-13-26(19)22-9-15-25(18-22)20-5-7-21(8-6-20)27-14-3-10-24(23(27)28)11-16-29-17-12-24/h5-8,19,22H,2-4,9-18H2,1H3/t19-,22-/m0/s1. The van der Waals surface area contributed by atoms with Crippen molar-refractivity contribution in [2.75, 3.05) is 49.2 Å². The summed E-state index contributed by atoms with van der Waals surface area (Å²) in [6.45, 7) is 8.22. The maximum absolute atomic E-state index is 13.3. The zero-order chi connectivity index (χ0) is 19.8. The van der Waals surface area contributed by atoms with Gasteiger partial charge in [0.25, 0.3) is 0 Å². The molecule has 4 aliphatic heterocycles. The Hall–Kier alpha value is -1.59. The van der Waals surface area contributed by atoms with Crippen LogP contribution in [0.1, 0.15) is 51.9 Å². The summed E-state index contributed by atoms with van der Waals surface area (Å²) in [5.41, 5.74) is 2.19. The molecule has 4 aliphatic rings. The van der Waals surface area contributed by atoms with Gasteiger partial charge in [0.05, 0.1) is 5.41 Å². The minimum atomic E-state index is -0.177. The fourth-order valence-electron chi connectivity index (χ4n) is 6.13. The normalized spacial score (nSPS) is 30.4. The van der Waals surface area contributed by atoms with E-state index in [2.05, 4.69) is 41.0 Å². The van der Waals surface area contributed by atoms with Gasteiger partial charge in [0.2, 0.25) is 5.91 Å². The molecule has 5 heteroatoms. The second kappa shape index (κ2) is 7.92. The van der Waals surface area contributed by atoms with E-state index in [1.807, 2.05) is 4.90 Å². The number of nitrogens with zero attached hydrogens (tertiary/aromatic N) is 3. The highest BCUT2D eigenvalue weighted by molar-refractivity contribution is 5.98. The molecule has 4 heterocycles. The first kappa shape index (κ1) is 19.4. The number of hydrogen-bond acceptors (Lipinski definition) is 4. The zero-order valence-electron chi connectivity index (χ0n) is 17.8. The molecule has 0 saturated carbocycles. The summed E-state index contributed by atoms with van der Waals surface area (Å²) < 4.78 is 5.53. The maximum Gasteiger partial charge on any atom is 0.233 e. The highest BCUT2D eigenvalue weighted by Gasteiger charge is 2.45. The van der Waals surface area contributed by atoms with Crippen LogP contribution in [0.3, 0.4) is 0 Å². The summed E-state index contributed by atoms with van der Waals surface area (Å²) in [6.07, 6.45) is 7.84. The molecule has 0 radical (unpaired) electrons.